The number of nitrogens with zero attached hydrogens (tertiary/aromatic N) is 1. The Bertz CT molecular complexity index is 637. The summed E-state index contributed by atoms with van der Waals surface area (Å²) >= 11 is 1.51. The van der Waals surface area contributed by atoms with E-state index >= 15 is 0 Å². The Kier molecular flexibility index (Phi) is 6.24. The summed E-state index contributed by atoms with van der Waals surface area (Å²) in [7, 11) is 0. The molecule has 0 atom stereocenters. The van der Waals surface area contributed by atoms with Crippen molar-refractivity contribution in [2.45, 2.75) is 17.9 Å². The van der Waals surface area contributed by atoms with Crippen LogP contribution >= 0.6 is 24.2 Å². The summed E-state index contributed by atoms with van der Waals surface area (Å²) in [4.78, 5) is 17.0. The Morgan fingerprint density at radius 2 is 2.05 bits per heavy atom. The summed E-state index contributed by atoms with van der Waals surface area (Å²) < 4.78 is 0. The van der Waals surface area contributed by atoms with E-state index in [-0.39, 0.29) is 18.3 Å². The fourth-order valence-electron chi connectivity index (χ4n) is 2.34. The zero-order chi connectivity index (χ0) is 14.5. The Balaban J connectivity index is 0.00000176. The Morgan fingerprint density at radius 3 is 2.86 bits per heavy atom. The maximum absolute atomic E-state index is 12.0. The Labute approximate surface area is 140 Å². The van der Waals surface area contributed by atoms with Crippen LogP contribution in [0.3, 0.4) is 0 Å². The summed E-state index contributed by atoms with van der Waals surface area (Å²) in [6, 6.07) is 9.97. The highest BCUT2D eigenvalue weighted by molar-refractivity contribution is 8.00. The van der Waals surface area contributed by atoms with Gasteiger partial charge in [-0.05, 0) is 48.4 Å². The van der Waals surface area contributed by atoms with E-state index < -0.39 is 0 Å². The van der Waals surface area contributed by atoms with Gasteiger partial charge in [0.1, 0.15) is 0 Å². The molecule has 0 bridgehead atoms. The molecule has 0 saturated carbocycles. The lowest BCUT2D eigenvalue weighted by molar-refractivity contribution is -0.113. The maximum Gasteiger partial charge on any atom is 0.234 e. The van der Waals surface area contributed by atoms with E-state index in [1.54, 1.807) is 12.4 Å². The van der Waals surface area contributed by atoms with E-state index in [2.05, 4.69) is 27.8 Å². The van der Waals surface area contributed by atoms with Crippen LogP contribution < -0.4 is 10.6 Å². The lowest BCUT2D eigenvalue weighted by atomic mass is 10.0. The van der Waals surface area contributed by atoms with Gasteiger partial charge in [-0.1, -0.05) is 6.07 Å². The number of rotatable bonds is 4. The number of aromatic nitrogens is 1. The third kappa shape index (κ3) is 4.47. The quantitative estimate of drug-likeness (QED) is 0.844. The van der Waals surface area contributed by atoms with Gasteiger partial charge in [0.15, 0.2) is 0 Å². The molecule has 6 heteroatoms. The van der Waals surface area contributed by atoms with Gasteiger partial charge in [-0.3, -0.25) is 9.78 Å². The lowest BCUT2D eigenvalue weighted by Gasteiger charge is -2.18. The lowest BCUT2D eigenvalue weighted by Crippen LogP contribution is -2.24. The van der Waals surface area contributed by atoms with Crippen LogP contribution in [0.5, 0.6) is 0 Å². The van der Waals surface area contributed by atoms with Crippen molar-refractivity contribution < 1.29 is 4.79 Å². The van der Waals surface area contributed by atoms with Crippen LogP contribution in [0.2, 0.25) is 0 Å². The van der Waals surface area contributed by atoms with Gasteiger partial charge in [0.25, 0.3) is 0 Å². The molecule has 0 unspecified atom stereocenters. The number of nitrogens with one attached hydrogen (secondary N) is 2. The van der Waals surface area contributed by atoms with Crippen LogP contribution in [-0.2, 0) is 17.8 Å². The molecule has 2 heterocycles. The first-order chi connectivity index (χ1) is 10.3. The second-order valence-corrected chi connectivity index (χ2v) is 5.98. The second kappa shape index (κ2) is 8.17. The van der Waals surface area contributed by atoms with Crippen molar-refractivity contribution in [1.82, 2.24) is 10.3 Å². The van der Waals surface area contributed by atoms with Gasteiger partial charge < -0.3 is 10.6 Å². The Hall–Kier alpha value is -1.56. The molecule has 1 aromatic carbocycles. The molecule has 0 spiro atoms. The van der Waals surface area contributed by atoms with Crippen LogP contribution in [0.4, 0.5) is 5.69 Å². The molecule has 4 nitrogen and oxygen atoms in total. The molecule has 0 saturated heterocycles. The number of benzene rings is 1. The van der Waals surface area contributed by atoms with E-state index in [1.807, 2.05) is 18.2 Å². The first-order valence-corrected chi connectivity index (χ1v) is 7.95. The third-order valence-corrected chi connectivity index (χ3v) is 4.41. The van der Waals surface area contributed by atoms with Gasteiger partial charge in [-0.2, -0.15) is 0 Å². The number of fused-ring (bicyclic) bond motifs is 1. The van der Waals surface area contributed by atoms with Crippen molar-refractivity contribution >= 4 is 35.8 Å². The smallest absolute Gasteiger partial charge is 0.234 e. The predicted molar refractivity (Wildman–Crippen MR) is 92.7 cm³/mol. The molecule has 1 amide bonds. The molecule has 3 rings (SSSR count). The highest BCUT2D eigenvalue weighted by Gasteiger charge is 2.10. The van der Waals surface area contributed by atoms with Crippen molar-refractivity contribution in [2.24, 2.45) is 0 Å². The molecule has 1 aliphatic heterocycles. The molecule has 116 valence electrons. The molecule has 22 heavy (non-hydrogen) atoms. The minimum absolute atomic E-state index is 0. The summed E-state index contributed by atoms with van der Waals surface area (Å²) in [6.45, 7) is 1.91. The average molecular weight is 336 g/mol. The number of hydrogen-bond donors (Lipinski definition) is 2. The van der Waals surface area contributed by atoms with Crippen molar-refractivity contribution in [2.75, 3.05) is 17.6 Å². The van der Waals surface area contributed by atoms with Crippen molar-refractivity contribution in [1.29, 1.82) is 0 Å². The number of pyridine rings is 1. The van der Waals surface area contributed by atoms with Gasteiger partial charge in [0.2, 0.25) is 5.91 Å². The fourth-order valence-corrected chi connectivity index (χ4v) is 3.02. The van der Waals surface area contributed by atoms with E-state index in [9.17, 15) is 4.79 Å². The van der Waals surface area contributed by atoms with Crippen LogP contribution in [0.25, 0.3) is 0 Å². The first kappa shape index (κ1) is 16.8. The normalized spacial score (nSPS) is 12.9. The third-order valence-electron chi connectivity index (χ3n) is 3.40. The van der Waals surface area contributed by atoms with Gasteiger partial charge in [0, 0.05) is 29.5 Å². The molecule has 2 N–H and O–H groups in total. The van der Waals surface area contributed by atoms with E-state index in [1.165, 1.54) is 22.9 Å². The molecule has 0 fully saturated rings. The molecule has 1 aromatic heterocycles. The summed E-state index contributed by atoms with van der Waals surface area (Å²) in [5, 5.41) is 6.30. The molecule has 2 aromatic rings. The zero-order valence-electron chi connectivity index (χ0n) is 12.0. The van der Waals surface area contributed by atoms with Gasteiger partial charge in [-0.25, -0.2) is 0 Å². The number of carbonyl (C=O) groups is 1. The monoisotopic (exact) mass is 335 g/mol. The fraction of sp³-hybridized carbons (Fsp3) is 0.250. The van der Waals surface area contributed by atoms with E-state index in [0.717, 1.165) is 30.1 Å². The highest BCUT2D eigenvalue weighted by atomic mass is 35.5. The second-order valence-electron chi connectivity index (χ2n) is 4.93. The standard InChI is InChI=1S/C16H17N3OS.ClH/c20-16(11-21-15-4-7-17-8-5-15)19-14-2-1-12-3-6-18-10-13(12)9-14;/h1-2,4-5,7-9,18H,3,6,10-11H2,(H,19,20);1H. The van der Waals surface area contributed by atoms with Crippen LogP contribution in [0, 0.1) is 0 Å². The van der Waals surface area contributed by atoms with Crippen LogP contribution in [0.1, 0.15) is 11.1 Å². The summed E-state index contributed by atoms with van der Waals surface area (Å²) in [6.07, 6.45) is 4.52. The number of halogens is 1. The number of carbonyl (C=O) groups excluding carboxylic acids is 1. The number of amides is 1. The minimum atomic E-state index is 0. The van der Waals surface area contributed by atoms with Crippen LogP contribution in [0.15, 0.2) is 47.6 Å². The summed E-state index contributed by atoms with van der Waals surface area (Å²) in [5.74, 6) is 0.417. The number of anilines is 1. The van der Waals surface area contributed by atoms with Gasteiger partial charge >= 0.3 is 0 Å². The molecule has 0 radical (unpaired) electrons. The van der Waals surface area contributed by atoms with E-state index in [0.29, 0.717) is 5.75 Å². The number of hydrogen-bond acceptors (Lipinski definition) is 4. The van der Waals surface area contributed by atoms with Gasteiger partial charge in [0.05, 0.1) is 5.75 Å². The molecule has 1 aliphatic rings. The first-order valence-electron chi connectivity index (χ1n) is 6.96. The minimum Gasteiger partial charge on any atom is -0.325 e. The predicted octanol–water partition coefficient (Wildman–Crippen LogP) is 2.88. The topological polar surface area (TPSA) is 54.0 Å². The van der Waals surface area contributed by atoms with Crippen LogP contribution in [-0.4, -0.2) is 23.2 Å². The molecular weight excluding hydrogens is 318 g/mol. The zero-order valence-corrected chi connectivity index (χ0v) is 13.7. The Morgan fingerprint density at radius 1 is 1.23 bits per heavy atom. The van der Waals surface area contributed by atoms with Crippen molar-refractivity contribution in [3.8, 4) is 0 Å². The largest absolute Gasteiger partial charge is 0.325 e. The van der Waals surface area contributed by atoms with Crippen molar-refractivity contribution in [3.63, 3.8) is 0 Å². The number of thioether (sulfide) groups is 1. The maximum atomic E-state index is 12.0. The van der Waals surface area contributed by atoms with Crippen molar-refractivity contribution in [3.05, 3.63) is 53.9 Å². The SMILES string of the molecule is Cl.O=C(CSc1ccncc1)Nc1ccc2c(c1)CNCC2. The van der Waals surface area contributed by atoms with E-state index in [4.69, 9.17) is 0 Å². The highest BCUT2D eigenvalue weighted by Crippen LogP contribution is 2.20. The summed E-state index contributed by atoms with van der Waals surface area (Å²) in [5.41, 5.74) is 3.52. The van der Waals surface area contributed by atoms with Gasteiger partial charge in [-0.15, -0.1) is 24.2 Å². The molecular formula is C16H18ClN3OS. The molecule has 0 aliphatic carbocycles. The average Bonchev–Trinajstić information content (AvgIpc) is 2.54.